The van der Waals surface area contributed by atoms with Crippen molar-refractivity contribution in [3.05, 3.63) is 48.3 Å². The number of carbonyl (C=O) groups is 1. The van der Waals surface area contributed by atoms with Gasteiger partial charge >= 0.3 is 5.97 Å². The minimum absolute atomic E-state index is 0.328. The van der Waals surface area contributed by atoms with Crippen molar-refractivity contribution < 1.29 is 9.53 Å². The van der Waals surface area contributed by atoms with Crippen molar-refractivity contribution in [1.82, 2.24) is 14.8 Å². The summed E-state index contributed by atoms with van der Waals surface area (Å²) in [5.74, 6) is -0.372. The van der Waals surface area contributed by atoms with Crippen molar-refractivity contribution in [3.63, 3.8) is 0 Å². The number of rotatable bonds is 7. The lowest BCUT2D eigenvalue weighted by atomic mass is 10.1. The van der Waals surface area contributed by atoms with Crippen LogP contribution in [0.15, 0.2) is 42.7 Å². The molecule has 0 saturated heterocycles. The van der Waals surface area contributed by atoms with Crippen molar-refractivity contribution in [2.45, 2.75) is 26.7 Å². The van der Waals surface area contributed by atoms with Crippen LogP contribution in [-0.4, -0.2) is 33.9 Å². The van der Waals surface area contributed by atoms with Crippen LogP contribution < -0.4 is 5.32 Å². The number of hydrogen-bond acceptors (Lipinski definition) is 5. The molecule has 25 heavy (non-hydrogen) atoms. The number of benzene rings is 1. The molecule has 0 aliphatic carbocycles. The minimum Gasteiger partial charge on any atom is -0.462 e. The molecule has 2 aromatic heterocycles. The first kappa shape index (κ1) is 17.0. The summed E-state index contributed by atoms with van der Waals surface area (Å²) in [4.78, 5) is 16.8. The third kappa shape index (κ3) is 3.47. The fourth-order valence-corrected chi connectivity index (χ4v) is 2.68. The molecular formula is C19H22N4O2. The van der Waals surface area contributed by atoms with Crippen LogP contribution >= 0.6 is 0 Å². The van der Waals surface area contributed by atoms with E-state index in [1.807, 2.05) is 30.3 Å². The molecule has 130 valence electrons. The first-order valence-corrected chi connectivity index (χ1v) is 8.59. The Hall–Kier alpha value is -2.89. The van der Waals surface area contributed by atoms with E-state index in [4.69, 9.17) is 4.74 Å². The zero-order chi connectivity index (χ0) is 17.6. The lowest BCUT2D eigenvalue weighted by Crippen LogP contribution is -2.12. The minimum atomic E-state index is -0.372. The van der Waals surface area contributed by atoms with E-state index < -0.39 is 0 Å². The molecule has 0 amide bonds. The van der Waals surface area contributed by atoms with Gasteiger partial charge in [-0.25, -0.2) is 14.5 Å². The second kappa shape index (κ2) is 7.79. The molecule has 3 aromatic rings. The summed E-state index contributed by atoms with van der Waals surface area (Å²) in [6.45, 7) is 5.03. The molecule has 0 fully saturated rings. The molecule has 0 atom stereocenters. The van der Waals surface area contributed by atoms with Crippen LogP contribution in [0.4, 0.5) is 5.69 Å². The smallest absolute Gasteiger partial charge is 0.341 e. The molecule has 6 nitrogen and oxygen atoms in total. The molecular weight excluding hydrogens is 316 g/mol. The molecule has 0 unspecified atom stereocenters. The predicted molar refractivity (Wildman–Crippen MR) is 98.2 cm³/mol. The molecule has 6 heteroatoms. The third-order valence-electron chi connectivity index (χ3n) is 3.93. The summed E-state index contributed by atoms with van der Waals surface area (Å²) in [6, 6.07) is 9.81. The molecule has 3 rings (SSSR count). The van der Waals surface area contributed by atoms with Crippen molar-refractivity contribution in [2.24, 2.45) is 0 Å². The predicted octanol–water partition coefficient (Wildman–Crippen LogP) is 3.81. The Labute approximate surface area is 146 Å². The maximum Gasteiger partial charge on any atom is 0.341 e. The highest BCUT2D eigenvalue weighted by atomic mass is 16.5. The van der Waals surface area contributed by atoms with E-state index in [1.54, 1.807) is 24.0 Å². The number of pyridine rings is 1. The van der Waals surface area contributed by atoms with Gasteiger partial charge in [0.05, 0.1) is 29.6 Å². The van der Waals surface area contributed by atoms with E-state index in [-0.39, 0.29) is 5.97 Å². The number of carbonyl (C=O) groups excluding carboxylic acids is 1. The average Bonchev–Trinajstić information content (AvgIpc) is 3.07. The van der Waals surface area contributed by atoms with E-state index in [2.05, 4.69) is 22.3 Å². The Bertz CT molecular complexity index is 858. The van der Waals surface area contributed by atoms with Gasteiger partial charge in [-0.3, -0.25) is 0 Å². The fourth-order valence-electron chi connectivity index (χ4n) is 2.68. The van der Waals surface area contributed by atoms with Crippen LogP contribution in [0, 0.1) is 0 Å². The number of ether oxygens (including phenoxy) is 1. The van der Waals surface area contributed by atoms with Crippen LogP contribution in [0.5, 0.6) is 0 Å². The standard InChI is InChI=1S/C19H22N4O2/c1-3-5-11-20-17-15-13-22-23(14-9-7-6-8-10-14)18(15)21-12-16(17)19(24)25-4-2/h6-10,12-13H,3-5,11H2,1-2H3,(H,20,21). The molecule has 0 aliphatic rings. The Morgan fingerprint density at radius 1 is 1.20 bits per heavy atom. The van der Waals surface area contributed by atoms with Gasteiger partial charge in [-0.2, -0.15) is 5.10 Å². The molecule has 1 N–H and O–H groups in total. The third-order valence-corrected chi connectivity index (χ3v) is 3.93. The molecule has 2 heterocycles. The van der Waals surface area contributed by atoms with Crippen LogP contribution in [0.3, 0.4) is 0 Å². The SMILES string of the molecule is CCCCNc1c(C(=O)OCC)cnc2c1cnn2-c1ccccc1. The largest absolute Gasteiger partial charge is 0.462 e. The summed E-state index contributed by atoms with van der Waals surface area (Å²) in [5, 5.41) is 8.64. The Balaban J connectivity index is 2.09. The Morgan fingerprint density at radius 2 is 2.00 bits per heavy atom. The van der Waals surface area contributed by atoms with Crippen molar-refractivity contribution in [1.29, 1.82) is 0 Å². The maximum absolute atomic E-state index is 12.3. The number of unbranched alkanes of at least 4 members (excludes halogenated alkanes) is 1. The van der Waals surface area contributed by atoms with Gasteiger partial charge in [-0.15, -0.1) is 0 Å². The van der Waals surface area contributed by atoms with Crippen LogP contribution in [0.25, 0.3) is 16.7 Å². The van der Waals surface area contributed by atoms with E-state index in [0.29, 0.717) is 17.8 Å². The summed E-state index contributed by atoms with van der Waals surface area (Å²) >= 11 is 0. The Kier molecular flexibility index (Phi) is 5.28. The summed E-state index contributed by atoms with van der Waals surface area (Å²) in [7, 11) is 0. The summed E-state index contributed by atoms with van der Waals surface area (Å²) in [5.41, 5.74) is 2.81. The van der Waals surface area contributed by atoms with Gasteiger partial charge in [0, 0.05) is 12.7 Å². The lowest BCUT2D eigenvalue weighted by Gasteiger charge is -2.12. The molecule has 0 radical (unpaired) electrons. The highest BCUT2D eigenvalue weighted by Crippen LogP contribution is 2.28. The number of nitrogens with one attached hydrogen (secondary N) is 1. The first-order valence-electron chi connectivity index (χ1n) is 8.59. The van der Waals surface area contributed by atoms with Gasteiger partial charge in [-0.05, 0) is 25.5 Å². The van der Waals surface area contributed by atoms with E-state index >= 15 is 0 Å². The van der Waals surface area contributed by atoms with Crippen LogP contribution in [0.1, 0.15) is 37.0 Å². The Morgan fingerprint density at radius 3 is 2.72 bits per heavy atom. The summed E-state index contributed by atoms with van der Waals surface area (Å²) < 4.78 is 6.94. The number of hydrogen-bond donors (Lipinski definition) is 1. The number of anilines is 1. The number of nitrogens with zero attached hydrogens (tertiary/aromatic N) is 3. The number of para-hydroxylation sites is 1. The van der Waals surface area contributed by atoms with E-state index in [0.717, 1.165) is 36.1 Å². The molecule has 0 bridgehead atoms. The number of esters is 1. The number of aromatic nitrogens is 3. The zero-order valence-corrected chi connectivity index (χ0v) is 14.5. The summed E-state index contributed by atoms with van der Waals surface area (Å²) in [6.07, 6.45) is 5.39. The first-order chi connectivity index (χ1) is 12.3. The van der Waals surface area contributed by atoms with Gasteiger partial charge in [0.1, 0.15) is 5.56 Å². The lowest BCUT2D eigenvalue weighted by molar-refractivity contribution is 0.0527. The number of fused-ring (bicyclic) bond motifs is 1. The van der Waals surface area contributed by atoms with Crippen LogP contribution in [0.2, 0.25) is 0 Å². The second-order valence-electron chi connectivity index (χ2n) is 5.68. The van der Waals surface area contributed by atoms with Gasteiger partial charge in [0.2, 0.25) is 0 Å². The van der Waals surface area contributed by atoms with Gasteiger partial charge in [0.15, 0.2) is 5.65 Å². The maximum atomic E-state index is 12.3. The van der Waals surface area contributed by atoms with Gasteiger partial charge in [0.25, 0.3) is 0 Å². The second-order valence-corrected chi connectivity index (χ2v) is 5.68. The normalized spacial score (nSPS) is 10.8. The quantitative estimate of drug-likeness (QED) is 0.524. The van der Waals surface area contributed by atoms with E-state index in [1.165, 1.54) is 0 Å². The highest BCUT2D eigenvalue weighted by molar-refractivity contribution is 6.04. The fraction of sp³-hybridized carbons (Fsp3) is 0.316. The molecule has 0 aliphatic heterocycles. The van der Waals surface area contributed by atoms with Gasteiger partial charge in [-0.1, -0.05) is 31.5 Å². The molecule has 1 aromatic carbocycles. The van der Waals surface area contributed by atoms with Crippen LogP contribution in [-0.2, 0) is 4.74 Å². The molecule has 0 saturated carbocycles. The van der Waals surface area contributed by atoms with Gasteiger partial charge < -0.3 is 10.1 Å². The van der Waals surface area contributed by atoms with Crippen molar-refractivity contribution >= 4 is 22.7 Å². The topological polar surface area (TPSA) is 69.0 Å². The van der Waals surface area contributed by atoms with Crippen molar-refractivity contribution in [3.8, 4) is 5.69 Å². The molecule has 0 spiro atoms. The van der Waals surface area contributed by atoms with Crippen molar-refractivity contribution in [2.75, 3.05) is 18.5 Å². The van der Waals surface area contributed by atoms with E-state index in [9.17, 15) is 4.79 Å². The monoisotopic (exact) mass is 338 g/mol. The zero-order valence-electron chi connectivity index (χ0n) is 14.5. The average molecular weight is 338 g/mol. The highest BCUT2D eigenvalue weighted by Gasteiger charge is 2.19.